The van der Waals surface area contributed by atoms with Crippen molar-refractivity contribution in [1.29, 1.82) is 0 Å². The average Bonchev–Trinajstić information content (AvgIpc) is 3.48. The van der Waals surface area contributed by atoms with Gasteiger partial charge in [0.2, 0.25) is 0 Å². The van der Waals surface area contributed by atoms with Crippen LogP contribution < -0.4 is 4.74 Å². The first-order valence-corrected chi connectivity index (χ1v) is 16.7. The van der Waals surface area contributed by atoms with Crippen LogP contribution in [0.25, 0.3) is 56.2 Å². The molecule has 1 aliphatic carbocycles. The van der Waals surface area contributed by atoms with Crippen molar-refractivity contribution >= 4 is 0 Å². The largest absolute Gasteiger partial charge is 0.456 e. The Kier molecular flexibility index (Phi) is 6.33. The Morgan fingerprint density at radius 3 is 1.62 bits per heavy atom. The molecule has 3 aromatic heterocycles. The van der Waals surface area contributed by atoms with Gasteiger partial charge in [0.05, 0.1) is 16.8 Å². The number of rotatable bonds is 4. The first-order chi connectivity index (χ1) is 24.8. The molecule has 1 spiro atoms. The van der Waals surface area contributed by atoms with Crippen molar-refractivity contribution in [2.75, 3.05) is 0 Å². The summed E-state index contributed by atoms with van der Waals surface area (Å²) in [5.41, 5.74) is 13.3. The van der Waals surface area contributed by atoms with Gasteiger partial charge >= 0.3 is 0 Å². The van der Waals surface area contributed by atoms with Crippen LogP contribution in [0.1, 0.15) is 22.3 Å². The second-order valence-electron chi connectivity index (χ2n) is 12.7. The van der Waals surface area contributed by atoms with Crippen molar-refractivity contribution in [2.45, 2.75) is 5.41 Å². The molecule has 0 fully saturated rings. The molecule has 0 saturated heterocycles. The molecule has 0 unspecified atom stereocenters. The van der Waals surface area contributed by atoms with Crippen molar-refractivity contribution < 1.29 is 4.74 Å². The molecule has 234 valence electrons. The van der Waals surface area contributed by atoms with Crippen LogP contribution in [0.15, 0.2) is 170 Å². The SMILES string of the molecule is c1ccc(-c2cc(-c3ccc(-c4ccc5c(c4)C4(c6cnccc6Oc6ccncc64)c4ccccc4-5)cc3)nc(-c3ccccc3)n2)cc1. The van der Waals surface area contributed by atoms with E-state index in [0.717, 1.165) is 61.8 Å². The molecule has 0 atom stereocenters. The van der Waals surface area contributed by atoms with E-state index < -0.39 is 5.41 Å². The summed E-state index contributed by atoms with van der Waals surface area (Å²) < 4.78 is 6.45. The maximum atomic E-state index is 6.45. The van der Waals surface area contributed by atoms with Crippen molar-refractivity contribution in [1.82, 2.24) is 19.9 Å². The molecule has 10 rings (SSSR count). The highest BCUT2D eigenvalue weighted by Crippen LogP contribution is 2.62. The van der Waals surface area contributed by atoms with E-state index in [2.05, 4.69) is 107 Å². The van der Waals surface area contributed by atoms with E-state index in [1.807, 2.05) is 60.9 Å². The summed E-state index contributed by atoms with van der Waals surface area (Å²) in [4.78, 5) is 19.2. The Balaban J connectivity index is 1.11. The summed E-state index contributed by atoms with van der Waals surface area (Å²) in [5.74, 6) is 2.33. The van der Waals surface area contributed by atoms with E-state index in [0.29, 0.717) is 5.82 Å². The number of benzene rings is 5. The minimum absolute atomic E-state index is 0.615. The molecule has 50 heavy (non-hydrogen) atoms. The fourth-order valence-corrected chi connectivity index (χ4v) is 7.71. The van der Waals surface area contributed by atoms with Gasteiger partial charge in [-0.3, -0.25) is 9.97 Å². The lowest BCUT2D eigenvalue weighted by atomic mass is 9.67. The van der Waals surface area contributed by atoms with Gasteiger partial charge in [0.25, 0.3) is 0 Å². The first kappa shape index (κ1) is 28.3. The normalized spacial score (nSPS) is 13.1. The Labute approximate surface area is 289 Å². The van der Waals surface area contributed by atoms with E-state index in [1.165, 1.54) is 22.3 Å². The standard InChI is InChI=1S/C45H28N4O/c1-3-9-30(10-4-1)40-26-41(49-44(48-40)32-11-5-2-6-12-32)31-17-15-29(16-18-31)33-19-20-35-34-13-7-8-14-36(34)45(37(35)25-33)38-27-46-23-21-42(38)50-43-22-24-47-28-39(43)45/h1-28H. The molecule has 2 aliphatic rings. The van der Waals surface area contributed by atoms with E-state index in [1.54, 1.807) is 12.4 Å². The Morgan fingerprint density at radius 2 is 0.940 bits per heavy atom. The van der Waals surface area contributed by atoms with Crippen LogP contribution in [0.5, 0.6) is 11.5 Å². The molecule has 5 heteroatoms. The molecule has 8 aromatic rings. The zero-order valence-electron chi connectivity index (χ0n) is 26.9. The molecule has 0 amide bonds. The number of fused-ring (bicyclic) bond motifs is 9. The van der Waals surface area contributed by atoms with E-state index in [9.17, 15) is 0 Å². The van der Waals surface area contributed by atoms with Gasteiger partial charge in [-0.05, 0) is 57.6 Å². The first-order valence-electron chi connectivity index (χ1n) is 16.7. The number of hydrogen-bond donors (Lipinski definition) is 0. The van der Waals surface area contributed by atoms with Gasteiger partial charge < -0.3 is 4.74 Å². The molecule has 1 aliphatic heterocycles. The maximum absolute atomic E-state index is 6.45. The quantitative estimate of drug-likeness (QED) is 0.192. The second kappa shape index (κ2) is 11.2. The highest BCUT2D eigenvalue weighted by Gasteiger charge is 2.51. The van der Waals surface area contributed by atoms with Crippen LogP contribution in [0.3, 0.4) is 0 Å². The third kappa shape index (κ3) is 4.27. The van der Waals surface area contributed by atoms with Crippen LogP contribution in [0, 0.1) is 0 Å². The van der Waals surface area contributed by atoms with E-state index in [4.69, 9.17) is 14.7 Å². The van der Waals surface area contributed by atoms with Gasteiger partial charge in [-0.15, -0.1) is 0 Å². The molecule has 0 saturated carbocycles. The van der Waals surface area contributed by atoms with Gasteiger partial charge in [0.15, 0.2) is 5.82 Å². The number of ether oxygens (including phenoxy) is 1. The minimum atomic E-state index is -0.615. The van der Waals surface area contributed by atoms with Crippen LogP contribution in [-0.2, 0) is 5.41 Å². The lowest BCUT2D eigenvalue weighted by molar-refractivity contribution is 0.433. The van der Waals surface area contributed by atoms with Crippen molar-refractivity contribution in [3.05, 3.63) is 193 Å². The summed E-state index contributed by atoms with van der Waals surface area (Å²) in [6.45, 7) is 0. The Bertz CT molecular complexity index is 2460. The lowest BCUT2D eigenvalue weighted by Crippen LogP contribution is -2.32. The van der Waals surface area contributed by atoms with Crippen molar-refractivity contribution in [2.24, 2.45) is 0 Å². The molecule has 0 radical (unpaired) electrons. The third-order valence-corrected chi connectivity index (χ3v) is 9.98. The van der Waals surface area contributed by atoms with Crippen LogP contribution in [0.4, 0.5) is 0 Å². The molecule has 0 N–H and O–H groups in total. The summed E-state index contributed by atoms with van der Waals surface area (Å²) in [7, 11) is 0. The van der Waals surface area contributed by atoms with Gasteiger partial charge in [-0.2, -0.15) is 0 Å². The van der Waals surface area contributed by atoms with Gasteiger partial charge in [-0.25, -0.2) is 9.97 Å². The zero-order chi connectivity index (χ0) is 33.1. The molecule has 5 nitrogen and oxygen atoms in total. The average molecular weight is 641 g/mol. The molecule has 4 heterocycles. The van der Waals surface area contributed by atoms with Crippen LogP contribution in [0.2, 0.25) is 0 Å². The molecular weight excluding hydrogens is 613 g/mol. The number of aromatic nitrogens is 4. The predicted octanol–water partition coefficient (Wildman–Crippen LogP) is 10.4. The Hall–Kier alpha value is -6.72. The summed E-state index contributed by atoms with van der Waals surface area (Å²) in [6, 6.07) is 50.6. The van der Waals surface area contributed by atoms with E-state index >= 15 is 0 Å². The van der Waals surface area contributed by atoms with Gasteiger partial charge in [-0.1, -0.05) is 121 Å². The fourth-order valence-electron chi connectivity index (χ4n) is 7.71. The monoisotopic (exact) mass is 640 g/mol. The highest BCUT2D eigenvalue weighted by atomic mass is 16.5. The van der Waals surface area contributed by atoms with E-state index in [-0.39, 0.29) is 0 Å². The third-order valence-electron chi connectivity index (χ3n) is 9.98. The van der Waals surface area contributed by atoms with Gasteiger partial charge in [0.1, 0.15) is 11.5 Å². The van der Waals surface area contributed by atoms with Crippen molar-refractivity contribution in [3.63, 3.8) is 0 Å². The number of hydrogen-bond acceptors (Lipinski definition) is 5. The zero-order valence-corrected chi connectivity index (χ0v) is 26.9. The Morgan fingerprint density at radius 1 is 0.400 bits per heavy atom. The fraction of sp³-hybridized carbons (Fsp3) is 0.0222. The maximum Gasteiger partial charge on any atom is 0.160 e. The summed E-state index contributed by atoms with van der Waals surface area (Å²) in [6.07, 6.45) is 7.49. The molecular formula is C45H28N4O. The minimum Gasteiger partial charge on any atom is -0.456 e. The second-order valence-corrected chi connectivity index (χ2v) is 12.7. The summed E-state index contributed by atoms with van der Waals surface area (Å²) in [5, 5.41) is 0. The predicted molar refractivity (Wildman–Crippen MR) is 197 cm³/mol. The molecule has 0 bridgehead atoms. The summed E-state index contributed by atoms with van der Waals surface area (Å²) >= 11 is 0. The molecule has 5 aromatic carbocycles. The smallest absolute Gasteiger partial charge is 0.160 e. The van der Waals surface area contributed by atoms with Gasteiger partial charge in [0, 0.05) is 52.6 Å². The number of pyridine rings is 2. The van der Waals surface area contributed by atoms with Crippen molar-refractivity contribution in [3.8, 4) is 67.7 Å². The lowest BCUT2D eigenvalue weighted by Gasteiger charge is -2.38. The van der Waals surface area contributed by atoms with Crippen LogP contribution >= 0.6 is 0 Å². The topological polar surface area (TPSA) is 60.8 Å². The van der Waals surface area contributed by atoms with Crippen LogP contribution in [-0.4, -0.2) is 19.9 Å². The number of nitrogens with zero attached hydrogens (tertiary/aromatic N) is 4. The highest BCUT2D eigenvalue weighted by molar-refractivity contribution is 5.90.